The van der Waals surface area contributed by atoms with Gasteiger partial charge in [0.2, 0.25) is 0 Å². The lowest BCUT2D eigenvalue weighted by Gasteiger charge is -2.38. The highest BCUT2D eigenvalue weighted by Gasteiger charge is 2.39. The smallest absolute Gasteiger partial charge is 0.410 e. The van der Waals surface area contributed by atoms with E-state index in [4.69, 9.17) is 25.4 Å². The number of carbonyl (C=O) groups is 3. The van der Waals surface area contributed by atoms with Crippen molar-refractivity contribution in [2.45, 2.75) is 51.3 Å². The van der Waals surface area contributed by atoms with Gasteiger partial charge in [0.1, 0.15) is 12.1 Å². The number of hydrogen-bond donors (Lipinski definition) is 2. The number of rotatable bonds is 9. The number of nitrogens with one attached hydrogen (secondary N) is 1. The minimum Gasteiger partial charge on any atom is -0.466 e. The van der Waals surface area contributed by atoms with Crippen molar-refractivity contribution < 1.29 is 28.6 Å². The van der Waals surface area contributed by atoms with Crippen LogP contribution in [0.5, 0.6) is 0 Å². The van der Waals surface area contributed by atoms with E-state index < -0.39 is 18.0 Å². The molecule has 3 fully saturated rings. The quantitative estimate of drug-likeness (QED) is 0.194. The van der Waals surface area contributed by atoms with E-state index in [1.54, 1.807) is 13.8 Å². The summed E-state index contributed by atoms with van der Waals surface area (Å²) in [5.41, 5.74) is 5.56. The maximum Gasteiger partial charge on any atom is 0.410 e. The molecule has 0 aliphatic carbocycles. The normalized spacial score (nSPS) is 23.5. The van der Waals surface area contributed by atoms with Gasteiger partial charge in [0.15, 0.2) is 5.96 Å². The van der Waals surface area contributed by atoms with Crippen molar-refractivity contribution in [3.05, 3.63) is 0 Å². The number of piperidine rings is 1. The lowest BCUT2D eigenvalue weighted by Crippen LogP contribution is -2.55. The molecule has 3 saturated heterocycles. The van der Waals surface area contributed by atoms with E-state index >= 15 is 0 Å². The Labute approximate surface area is 200 Å². The molecule has 0 spiro atoms. The van der Waals surface area contributed by atoms with Crippen LogP contribution in [0.2, 0.25) is 0 Å². The molecule has 2 unspecified atom stereocenters. The van der Waals surface area contributed by atoms with Crippen LogP contribution < -0.4 is 5.73 Å². The van der Waals surface area contributed by atoms with Gasteiger partial charge in [0.25, 0.3) is 0 Å². The zero-order chi connectivity index (χ0) is 24.7. The number of likely N-dealkylation sites (tertiary alicyclic amines) is 1. The highest BCUT2D eigenvalue weighted by Crippen LogP contribution is 2.23. The van der Waals surface area contributed by atoms with E-state index in [1.807, 2.05) is 14.7 Å². The van der Waals surface area contributed by atoms with Crippen molar-refractivity contribution in [2.24, 2.45) is 5.73 Å². The van der Waals surface area contributed by atoms with Gasteiger partial charge in [-0.1, -0.05) is 0 Å². The van der Waals surface area contributed by atoms with Crippen LogP contribution in [0, 0.1) is 5.41 Å². The maximum absolute atomic E-state index is 12.5. The SMILES string of the molecule is CCOC(=O)CC(C(=O)OCC)N1CCN(CC2CN(C3CCN(C(=N)N)CC3)C(=O)O2)CC1. The Bertz CT molecular complexity index is 735. The highest BCUT2D eigenvalue weighted by molar-refractivity contribution is 5.82. The monoisotopic (exact) mass is 482 g/mol. The van der Waals surface area contributed by atoms with E-state index in [0.717, 1.165) is 12.8 Å². The summed E-state index contributed by atoms with van der Waals surface area (Å²) in [6, 6.07) is -0.542. The van der Waals surface area contributed by atoms with Gasteiger partial charge in [-0.3, -0.25) is 24.8 Å². The summed E-state index contributed by atoms with van der Waals surface area (Å²) in [6.45, 7) is 9.15. The number of guanidine groups is 1. The molecule has 0 aromatic heterocycles. The fourth-order valence-corrected chi connectivity index (χ4v) is 4.88. The lowest BCUT2D eigenvalue weighted by atomic mass is 10.0. The van der Waals surface area contributed by atoms with Crippen molar-refractivity contribution in [1.82, 2.24) is 19.6 Å². The average Bonchev–Trinajstić information content (AvgIpc) is 3.18. The number of carbonyl (C=O) groups excluding carboxylic acids is 3. The summed E-state index contributed by atoms with van der Waals surface area (Å²) in [4.78, 5) is 44.8. The van der Waals surface area contributed by atoms with Gasteiger partial charge in [0, 0.05) is 51.9 Å². The molecule has 3 heterocycles. The van der Waals surface area contributed by atoms with E-state index in [1.165, 1.54) is 0 Å². The van der Waals surface area contributed by atoms with Gasteiger partial charge in [0.05, 0.1) is 26.2 Å². The summed E-state index contributed by atoms with van der Waals surface area (Å²) in [5.74, 6) is -0.734. The first kappa shape index (κ1) is 26.0. The molecule has 3 rings (SSSR count). The molecule has 0 radical (unpaired) electrons. The Morgan fingerprint density at radius 1 is 1.09 bits per heavy atom. The van der Waals surface area contributed by atoms with Gasteiger partial charge in [-0.05, 0) is 26.7 Å². The first-order valence-electron chi connectivity index (χ1n) is 12.2. The van der Waals surface area contributed by atoms with Gasteiger partial charge in [-0.15, -0.1) is 0 Å². The first-order chi connectivity index (χ1) is 16.3. The number of piperazine rings is 1. The number of nitrogens with two attached hydrogens (primary N) is 1. The van der Waals surface area contributed by atoms with Crippen LogP contribution in [0.4, 0.5) is 4.79 Å². The molecular weight excluding hydrogens is 444 g/mol. The number of ether oxygens (including phenoxy) is 3. The Hall–Kier alpha value is -2.60. The molecule has 192 valence electrons. The second-order valence-electron chi connectivity index (χ2n) is 8.88. The van der Waals surface area contributed by atoms with Gasteiger partial charge in [-0.25, -0.2) is 4.79 Å². The Kier molecular flexibility index (Phi) is 9.34. The van der Waals surface area contributed by atoms with Crippen LogP contribution >= 0.6 is 0 Å². The van der Waals surface area contributed by atoms with Crippen LogP contribution in [-0.2, 0) is 23.8 Å². The highest BCUT2D eigenvalue weighted by atomic mass is 16.6. The van der Waals surface area contributed by atoms with E-state index in [-0.39, 0.29) is 43.8 Å². The summed E-state index contributed by atoms with van der Waals surface area (Å²) in [6.07, 6.45) is 1.04. The molecule has 0 aromatic rings. The number of hydrogen-bond acceptors (Lipinski definition) is 9. The van der Waals surface area contributed by atoms with Gasteiger partial charge in [-0.2, -0.15) is 0 Å². The molecule has 1 amide bonds. The third kappa shape index (κ3) is 6.72. The summed E-state index contributed by atoms with van der Waals surface area (Å²) in [5, 5.41) is 7.56. The minimum atomic E-state index is -0.651. The minimum absolute atomic E-state index is 0.0235. The van der Waals surface area contributed by atoms with Crippen LogP contribution in [0.3, 0.4) is 0 Å². The predicted octanol–water partition coefficient (Wildman–Crippen LogP) is -0.332. The zero-order valence-corrected chi connectivity index (χ0v) is 20.2. The molecule has 12 heteroatoms. The topological polar surface area (TPSA) is 142 Å². The molecule has 0 aromatic carbocycles. The maximum atomic E-state index is 12.5. The van der Waals surface area contributed by atoms with Crippen LogP contribution in [0.25, 0.3) is 0 Å². The third-order valence-electron chi connectivity index (χ3n) is 6.68. The van der Waals surface area contributed by atoms with Crippen molar-refractivity contribution in [3.63, 3.8) is 0 Å². The second kappa shape index (κ2) is 12.2. The molecule has 34 heavy (non-hydrogen) atoms. The Morgan fingerprint density at radius 2 is 1.74 bits per heavy atom. The number of esters is 2. The fourth-order valence-electron chi connectivity index (χ4n) is 4.88. The molecule has 3 aliphatic rings. The van der Waals surface area contributed by atoms with E-state index in [9.17, 15) is 14.4 Å². The Morgan fingerprint density at radius 3 is 2.32 bits per heavy atom. The molecule has 12 nitrogen and oxygen atoms in total. The summed E-state index contributed by atoms with van der Waals surface area (Å²) >= 11 is 0. The van der Waals surface area contributed by atoms with Crippen molar-refractivity contribution in [3.8, 4) is 0 Å². The second-order valence-corrected chi connectivity index (χ2v) is 8.88. The summed E-state index contributed by atoms with van der Waals surface area (Å²) in [7, 11) is 0. The molecule has 3 aliphatic heterocycles. The van der Waals surface area contributed by atoms with E-state index in [2.05, 4.69) is 4.90 Å². The van der Waals surface area contributed by atoms with Crippen molar-refractivity contribution >= 4 is 24.0 Å². The first-order valence-corrected chi connectivity index (χ1v) is 12.2. The van der Waals surface area contributed by atoms with Crippen molar-refractivity contribution in [1.29, 1.82) is 5.41 Å². The molecular formula is C22H38N6O6. The number of cyclic esters (lactones) is 1. The van der Waals surface area contributed by atoms with Crippen molar-refractivity contribution in [2.75, 3.05) is 65.6 Å². The predicted molar refractivity (Wildman–Crippen MR) is 123 cm³/mol. The van der Waals surface area contributed by atoms with Gasteiger partial charge >= 0.3 is 18.0 Å². The number of amides is 1. The third-order valence-corrected chi connectivity index (χ3v) is 6.68. The van der Waals surface area contributed by atoms with Gasteiger partial charge < -0.3 is 29.7 Å². The molecule has 2 atom stereocenters. The van der Waals surface area contributed by atoms with Crippen LogP contribution in [0.15, 0.2) is 0 Å². The molecule has 3 N–H and O–H groups in total. The zero-order valence-electron chi connectivity index (χ0n) is 20.2. The largest absolute Gasteiger partial charge is 0.466 e. The van der Waals surface area contributed by atoms with E-state index in [0.29, 0.717) is 52.4 Å². The van der Waals surface area contributed by atoms with Crippen LogP contribution in [-0.4, -0.2) is 127 Å². The molecule has 0 bridgehead atoms. The average molecular weight is 483 g/mol. The lowest BCUT2D eigenvalue weighted by molar-refractivity contribution is -0.157. The molecule has 0 saturated carbocycles. The fraction of sp³-hybridized carbons (Fsp3) is 0.818. The van der Waals surface area contributed by atoms with Crippen LogP contribution in [0.1, 0.15) is 33.1 Å². The number of nitrogens with zero attached hydrogens (tertiary/aromatic N) is 4. The Balaban J connectivity index is 1.47. The summed E-state index contributed by atoms with van der Waals surface area (Å²) < 4.78 is 15.9. The standard InChI is InChI=1S/C22H38N6O6/c1-3-32-19(29)13-18(20(30)33-4-2)26-11-9-25(10-12-26)14-17-15-28(22(31)34-17)16-5-7-27(8-6-16)21(23)24/h16-18H,3-15H2,1-2H3,(H3,23,24).